The summed E-state index contributed by atoms with van der Waals surface area (Å²) in [6, 6.07) is 1.62. The molecule has 0 unspecified atom stereocenters. The molecule has 3 heterocycles. The standard InChI is InChI=1S/C13H14F2N4O/c14-13(15)1-4-18(5-2-13)10-7-9(11(16)20)8-19-6-3-17-12(10)19/h3,6-8H,1-2,4-5H2,(H2,16,20). The van der Waals surface area contributed by atoms with E-state index in [2.05, 4.69) is 4.98 Å². The van der Waals surface area contributed by atoms with E-state index < -0.39 is 11.8 Å². The first-order valence-corrected chi connectivity index (χ1v) is 6.36. The Kier molecular flexibility index (Phi) is 2.84. The van der Waals surface area contributed by atoms with E-state index in [9.17, 15) is 13.6 Å². The average Bonchev–Trinajstić information content (AvgIpc) is 2.85. The Bertz CT molecular complexity index is 657. The number of imidazole rings is 1. The van der Waals surface area contributed by atoms with E-state index in [4.69, 9.17) is 5.73 Å². The second kappa shape index (κ2) is 4.43. The van der Waals surface area contributed by atoms with Crippen molar-refractivity contribution in [2.24, 2.45) is 5.73 Å². The van der Waals surface area contributed by atoms with Gasteiger partial charge in [-0.3, -0.25) is 4.79 Å². The van der Waals surface area contributed by atoms with Crippen LogP contribution >= 0.6 is 0 Å². The van der Waals surface area contributed by atoms with Crippen molar-refractivity contribution in [1.29, 1.82) is 0 Å². The number of aromatic nitrogens is 2. The maximum Gasteiger partial charge on any atom is 0.251 e. The third-order valence-corrected chi connectivity index (χ3v) is 3.59. The molecule has 1 saturated heterocycles. The second-order valence-corrected chi connectivity index (χ2v) is 4.98. The third-order valence-electron chi connectivity index (χ3n) is 3.59. The lowest BCUT2D eigenvalue weighted by atomic mass is 10.1. The van der Waals surface area contributed by atoms with Gasteiger partial charge in [0.25, 0.3) is 5.92 Å². The summed E-state index contributed by atoms with van der Waals surface area (Å²) in [5, 5.41) is 0. The summed E-state index contributed by atoms with van der Waals surface area (Å²) < 4.78 is 28.1. The fraction of sp³-hybridized carbons (Fsp3) is 0.385. The van der Waals surface area contributed by atoms with E-state index >= 15 is 0 Å². The Morgan fingerprint density at radius 1 is 1.35 bits per heavy atom. The highest BCUT2D eigenvalue weighted by Crippen LogP contribution is 2.32. The first kappa shape index (κ1) is 12.8. The van der Waals surface area contributed by atoms with Gasteiger partial charge in [0.05, 0.1) is 11.3 Å². The van der Waals surface area contributed by atoms with Crippen molar-refractivity contribution >= 4 is 17.2 Å². The van der Waals surface area contributed by atoms with Crippen molar-refractivity contribution in [1.82, 2.24) is 9.38 Å². The summed E-state index contributed by atoms with van der Waals surface area (Å²) in [6.07, 6.45) is 4.50. The molecule has 0 radical (unpaired) electrons. The lowest BCUT2D eigenvalue weighted by Crippen LogP contribution is -2.39. The fourth-order valence-corrected chi connectivity index (χ4v) is 2.46. The topological polar surface area (TPSA) is 63.6 Å². The molecule has 1 aliphatic rings. The number of pyridine rings is 1. The van der Waals surface area contributed by atoms with Gasteiger partial charge in [-0.1, -0.05) is 0 Å². The summed E-state index contributed by atoms with van der Waals surface area (Å²) in [6.45, 7) is 0.468. The average molecular weight is 280 g/mol. The molecule has 1 amide bonds. The molecular formula is C13H14F2N4O. The second-order valence-electron chi connectivity index (χ2n) is 4.98. The SMILES string of the molecule is NC(=O)c1cc(N2CCC(F)(F)CC2)c2nccn2c1. The third kappa shape index (κ3) is 2.19. The predicted octanol–water partition coefficient (Wildman–Crippen LogP) is 1.67. The molecule has 0 atom stereocenters. The van der Waals surface area contributed by atoms with Crippen LogP contribution in [0.5, 0.6) is 0 Å². The van der Waals surface area contributed by atoms with E-state index in [1.807, 2.05) is 4.90 Å². The van der Waals surface area contributed by atoms with Gasteiger partial charge in [-0.25, -0.2) is 13.8 Å². The number of carbonyl (C=O) groups is 1. The van der Waals surface area contributed by atoms with Crippen LogP contribution in [0.4, 0.5) is 14.5 Å². The number of halogens is 2. The lowest BCUT2D eigenvalue weighted by molar-refractivity contribution is -0.0220. The Labute approximate surface area is 114 Å². The number of primary amides is 1. The van der Waals surface area contributed by atoms with Gasteiger partial charge in [-0.05, 0) is 6.07 Å². The van der Waals surface area contributed by atoms with Crippen LogP contribution in [0, 0.1) is 0 Å². The van der Waals surface area contributed by atoms with Crippen LogP contribution in [0.25, 0.3) is 5.65 Å². The molecule has 20 heavy (non-hydrogen) atoms. The Balaban J connectivity index is 2.02. The summed E-state index contributed by atoms with van der Waals surface area (Å²) in [4.78, 5) is 17.4. The minimum absolute atomic E-state index is 0.194. The van der Waals surface area contributed by atoms with Crippen molar-refractivity contribution in [3.63, 3.8) is 0 Å². The van der Waals surface area contributed by atoms with Crippen molar-refractivity contribution in [3.8, 4) is 0 Å². The molecule has 0 aromatic carbocycles. The fourth-order valence-electron chi connectivity index (χ4n) is 2.46. The summed E-state index contributed by atoms with van der Waals surface area (Å²) in [5.74, 6) is -3.16. The molecule has 3 rings (SSSR count). The zero-order chi connectivity index (χ0) is 14.3. The zero-order valence-electron chi connectivity index (χ0n) is 10.7. The van der Waals surface area contributed by atoms with Crippen molar-refractivity contribution in [3.05, 3.63) is 30.2 Å². The van der Waals surface area contributed by atoms with Crippen LogP contribution in [-0.4, -0.2) is 34.3 Å². The molecule has 106 valence electrons. The van der Waals surface area contributed by atoms with E-state index in [-0.39, 0.29) is 25.9 Å². The highest BCUT2D eigenvalue weighted by molar-refractivity contribution is 5.94. The van der Waals surface area contributed by atoms with Gasteiger partial charge >= 0.3 is 0 Å². The van der Waals surface area contributed by atoms with Gasteiger partial charge in [-0.2, -0.15) is 0 Å². The molecule has 2 N–H and O–H groups in total. The number of piperidine rings is 1. The minimum atomic E-state index is -2.61. The van der Waals surface area contributed by atoms with Crippen molar-refractivity contribution in [2.45, 2.75) is 18.8 Å². The molecular weight excluding hydrogens is 266 g/mol. The maximum absolute atomic E-state index is 13.2. The number of fused-ring (bicyclic) bond motifs is 1. The van der Waals surface area contributed by atoms with Gasteiger partial charge < -0.3 is 15.0 Å². The smallest absolute Gasteiger partial charge is 0.251 e. The molecule has 1 fully saturated rings. The molecule has 7 heteroatoms. The van der Waals surface area contributed by atoms with E-state index in [0.29, 0.717) is 16.9 Å². The summed E-state index contributed by atoms with van der Waals surface area (Å²) in [5.41, 5.74) is 6.95. The number of nitrogens with zero attached hydrogens (tertiary/aromatic N) is 3. The van der Waals surface area contributed by atoms with Gasteiger partial charge in [0.15, 0.2) is 5.65 Å². The van der Waals surface area contributed by atoms with Crippen molar-refractivity contribution in [2.75, 3.05) is 18.0 Å². The number of nitrogens with two attached hydrogens (primary N) is 1. The molecule has 2 aromatic rings. The first-order chi connectivity index (χ1) is 9.46. The first-order valence-electron chi connectivity index (χ1n) is 6.36. The molecule has 1 aliphatic heterocycles. The van der Waals surface area contributed by atoms with E-state index in [1.54, 1.807) is 29.1 Å². The number of rotatable bonds is 2. The van der Waals surface area contributed by atoms with Crippen molar-refractivity contribution < 1.29 is 13.6 Å². The van der Waals surface area contributed by atoms with Crippen LogP contribution < -0.4 is 10.6 Å². The number of anilines is 1. The largest absolute Gasteiger partial charge is 0.368 e. The summed E-state index contributed by atoms with van der Waals surface area (Å²) in [7, 11) is 0. The monoisotopic (exact) mass is 280 g/mol. The van der Waals surface area contributed by atoms with Gasteiger partial charge in [-0.15, -0.1) is 0 Å². The minimum Gasteiger partial charge on any atom is -0.368 e. The highest BCUT2D eigenvalue weighted by Gasteiger charge is 2.34. The zero-order valence-corrected chi connectivity index (χ0v) is 10.7. The van der Waals surface area contributed by atoms with E-state index in [0.717, 1.165) is 0 Å². The predicted molar refractivity (Wildman–Crippen MR) is 70.1 cm³/mol. The molecule has 0 aliphatic carbocycles. The van der Waals surface area contributed by atoms with Gasteiger partial charge in [0.1, 0.15) is 0 Å². The van der Waals surface area contributed by atoms with Gasteiger partial charge in [0.2, 0.25) is 5.91 Å². The summed E-state index contributed by atoms with van der Waals surface area (Å²) >= 11 is 0. The Morgan fingerprint density at radius 2 is 2.05 bits per heavy atom. The Morgan fingerprint density at radius 3 is 2.70 bits per heavy atom. The molecule has 2 aromatic heterocycles. The molecule has 5 nitrogen and oxygen atoms in total. The van der Waals surface area contributed by atoms with Gasteiger partial charge in [0, 0.05) is 44.5 Å². The maximum atomic E-state index is 13.2. The van der Waals surface area contributed by atoms with Crippen LogP contribution in [0.3, 0.4) is 0 Å². The van der Waals surface area contributed by atoms with E-state index in [1.165, 1.54) is 0 Å². The Hall–Kier alpha value is -2.18. The number of hydrogen-bond acceptors (Lipinski definition) is 3. The number of carbonyl (C=O) groups excluding carboxylic acids is 1. The quantitative estimate of drug-likeness (QED) is 0.910. The van der Waals surface area contributed by atoms with Crippen LogP contribution in [0.15, 0.2) is 24.7 Å². The number of hydrogen-bond donors (Lipinski definition) is 1. The molecule has 0 spiro atoms. The van der Waals surface area contributed by atoms with Crippen LogP contribution in [0.1, 0.15) is 23.2 Å². The van der Waals surface area contributed by atoms with Crippen LogP contribution in [-0.2, 0) is 0 Å². The lowest BCUT2D eigenvalue weighted by Gasteiger charge is -2.33. The molecule has 0 bridgehead atoms. The number of alkyl halides is 2. The van der Waals surface area contributed by atoms with Crippen LogP contribution in [0.2, 0.25) is 0 Å². The number of amides is 1. The molecule has 0 saturated carbocycles. The highest BCUT2D eigenvalue weighted by atomic mass is 19.3. The normalized spacial score (nSPS) is 18.4.